The number of rotatable bonds is 4. The van der Waals surface area contributed by atoms with Crippen LogP contribution in [0.5, 0.6) is 0 Å². The van der Waals surface area contributed by atoms with Crippen LogP contribution in [0.2, 0.25) is 0 Å². The third-order valence-corrected chi connectivity index (χ3v) is 4.45. The van der Waals surface area contributed by atoms with Gasteiger partial charge in [-0.15, -0.1) is 22.7 Å². The number of thiazole rings is 1. The molecule has 0 aliphatic carbocycles. The summed E-state index contributed by atoms with van der Waals surface area (Å²) in [6.07, 6.45) is 0.776. The fourth-order valence-corrected chi connectivity index (χ4v) is 3.26. The maximum Gasteiger partial charge on any atom is 0.262 e. The Bertz CT molecular complexity index is 467. The van der Waals surface area contributed by atoms with Crippen LogP contribution < -0.4 is 5.32 Å². The summed E-state index contributed by atoms with van der Waals surface area (Å²) in [6.45, 7) is 0.618. The van der Waals surface area contributed by atoms with Gasteiger partial charge in [0.25, 0.3) is 5.91 Å². The lowest BCUT2D eigenvalue weighted by atomic mass is 10.3. The van der Waals surface area contributed by atoms with Crippen molar-refractivity contribution in [2.45, 2.75) is 6.42 Å². The highest BCUT2D eigenvalue weighted by Crippen LogP contribution is 2.22. The first-order valence-electron chi connectivity index (χ1n) is 4.65. The molecular weight excluding hydrogens is 308 g/mol. The molecule has 1 amide bonds. The van der Waals surface area contributed by atoms with E-state index in [4.69, 9.17) is 0 Å². The SMILES string of the molecule is O=C(NCCc1cscn1)c1sccc1Br. The van der Waals surface area contributed by atoms with E-state index in [1.165, 1.54) is 11.3 Å². The fourth-order valence-electron chi connectivity index (χ4n) is 1.20. The normalized spacial score (nSPS) is 10.3. The quantitative estimate of drug-likeness (QED) is 0.942. The van der Waals surface area contributed by atoms with Crippen molar-refractivity contribution >= 4 is 44.5 Å². The molecule has 0 fully saturated rings. The minimum Gasteiger partial charge on any atom is -0.351 e. The second-order valence-electron chi connectivity index (χ2n) is 3.08. The molecule has 0 saturated heterocycles. The topological polar surface area (TPSA) is 42.0 Å². The van der Waals surface area contributed by atoms with Gasteiger partial charge in [0, 0.05) is 22.8 Å². The van der Waals surface area contributed by atoms with E-state index in [2.05, 4.69) is 26.2 Å². The molecule has 1 N–H and O–H groups in total. The van der Waals surface area contributed by atoms with E-state index in [1.807, 2.05) is 16.8 Å². The van der Waals surface area contributed by atoms with E-state index in [-0.39, 0.29) is 5.91 Å². The molecule has 0 radical (unpaired) electrons. The standard InChI is InChI=1S/C10H9BrN2OS2/c11-8-2-4-16-9(8)10(14)12-3-1-7-5-15-6-13-7/h2,4-6H,1,3H2,(H,12,14). The Morgan fingerprint density at radius 3 is 3.06 bits per heavy atom. The van der Waals surface area contributed by atoms with Gasteiger partial charge < -0.3 is 5.32 Å². The van der Waals surface area contributed by atoms with Crippen molar-refractivity contribution in [3.63, 3.8) is 0 Å². The number of hydrogen-bond donors (Lipinski definition) is 1. The minimum absolute atomic E-state index is 0.0305. The molecule has 0 saturated carbocycles. The van der Waals surface area contributed by atoms with E-state index < -0.39 is 0 Å². The van der Waals surface area contributed by atoms with Gasteiger partial charge in [-0.05, 0) is 27.4 Å². The summed E-state index contributed by atoms with van der Waals surface area (Å²) >= 11 is 6.34. The van der Waals surface area contributed by atoms with Crippen molar-refractivity contribution in [1.29, 1.82) is 0 Å². The number of nitrogens with zero attached hydrogens (tertiary/aromatic N) is 1. The van der Waals surface area contributed by atoms with E-state index >= 15 is 0 Å². The van der Waals surface area contributed by atoms with Gasteiger partial charge >= 0.3 is 0 Å². The Morgan fingerprint density at radius 1 is 1.56 bits per heavy atom. The predicted octanol–water partition coefficient (Wildman–Crippen LogP) is 2.94. The summed E-state index contributed by atoms with van der Waals surface area (Å²) in [5, 5.41) is 6.75. The average Bonchev–Trinajstić information content (AvgIpc) is 2.88. The highest BCUT2D eigenvalue weighted by Gasteiger charge is 2.10. The molecule has 2 rings (SSSR count). The third-order valence-electron chi connectivity index (χ3n) is 1.97. The lowest BCUT2D eigenvalue weighted by molar-refractivity contribution is 0.0957. The molecule has 0 aromatic carbocycles. The molecule has 0 unspecified atom stereocenters. The summed E-state index contributed by atoms with van der Waals surface area (Å²) < 4.78 is 0.851. The number of carbonyl (C=O) groups is 1. The second kappa shape index (κ2) is 5.56. The van der Waals surface area contributed by atoms with Crippen molar-refractivity contribution in [3.05, 3.63) is 37.4 Å². The number of hydrogen-bond acceptors (Lipinski definition) is 4. The zero-order chi connectivity index (χ0) is 11.4. The van der Waals surface area contributed by atoms with E-state index in [0.717, 1.165) is 21.5 Å². The van der Waals surface area contributed by atoms with Crippen LogP contribution >= 0.6 is 38.6 Å². The summed E-state index contributed by atoms with van der Waals surface area (Å²) in [5.41, 5.74) is 2.82. The molecule has 6 heteroatoms. The summed E-state index contributed by atoms with van der Waals surface area (Å²) in [5.74, 6) is -0.0305. The van der Waals surface area contributed by atoms with Gasteiger partial charge in [-0.3, -0.25) is 4.79 Å². The molecule has 0 aliphatic rings. The fraction of sp³-hybridized carbons (Fsp3) is 0.200. The average molecular weight is 317 g/mol. The number of carbonyl (C=O) groups excluding carboxylic acids is 1. The molecule has 16 heavy (non-hydrogen) atoms. The zero-order valence-electron chi connectivity index (χ0n) is 8.27. The predicted molar refractivity (Wildman–Crippen MR) is 70.2 cm³/mol. The first-order chi connectivity index (χ1) is 7.77. The molecule has 0 spiro atoms. The van der Waals surface area contributed by atoms with Crippen molar-refractivity contribution in [2.24, 2.45) is 0 Å². The maximum atomic E-state index is 11.7. The monoisotopic (exact) mass is 316 g/mol. The molecule has 0 bridgehead atoms. The van der Waals surface area contributed by atoms with Gasteiger partial charge in [0.2, 0.25) is 0 Å². The Kier molecular flexibility index (Phi) is 4.09. The van der Waals surface area contributed by atoms with Crippen LogP contribution in [0.4, 0.5) is 0 Å². The van der Waals surface area contributed by atoms with Crippen LogP contribution in [0.1, 0.15) is 15.4 Å². The van der Waals surface area contributed by atoms with Crippen molar-refractivity contribution in [2.75, 3.05) is 6.54 Å². The molecule has 2 aromatic rings. The van der Waals surface area contributed by atoms with Gasteiger partial charge in [-0.1, -0.05) is 0 Å². The molecular formula is C10H9BrN2OS2. The molecule has 84 valence electrons. The number of amides is 1. The number of thiophene rings is 1. The third kappa shape index (κ3) is 2.90. The van der Waals surface area contributed by atoms with Gasteiger partial charge in [-0.25, -0.2) is 4.98 Å². The van der Waals surface area contributed by atoms with Crippen LogP contribution in [0, 0.1) is 0 Å². The van der Waals surface area contributed by atoms with E-state index in [9.17, 15) is 4.79 Å². The second-order valence-corrected chi connectivity index (χ2v) is 5.57. The zero-order valence-corrected chi connectivity index (χ0v) is 11.5. The summed E-state index contributed by atoms with van der Waals surface area (Å²) in [7, 11) is 0. The highest BCUT2D eigenvalue weighted by molar-refractivity contribution is 9.10. The molecule has 0 aliphatic heterocycles. The maximum absolute atomic E-state index is 11.7. The smallest absolute Gasteiger partial charge is 0.262 e. The van der Waals surface area contributed by atoms with Crippen LogP contribution in [-0.4, -0.2) is 17.4 Å². The molecule has 0 atom stereocenters. The van der Waals surface area contributed by atoms with Crippen molar-refractivity contribution in [1.82, 2.24) is 10.3 Å². The molecule has 2 aromatic heterocycles. The van der Waals surface area contributed by atoms with Crippen LogP contribution in [0.25, 0.3) is 0 Å². The number of halogens is 1. The van der Waals surface area contributed by atoms with Crippen molar-refractivity contribution in [3.8, 4) is 0 Å². The molecule has 3 nitrogen and oxygen atoms in total. The minimum atomic E-state index is -0.0305. The Morgan fingerprint density at radius 2 is 2.44 bits per heavy atom. The summed E-state index contributed by atoms with van der Waals surface area (Å²) in [4.78, 5) is 16.6. The Labute approximate surface area is 110 Å². The van der Waals surface area contributed by atoms with Crippen LogP contribution in [0.15, 0.2) is 26.8 Å². The lowest BCUT2D eigenvalue weighted by Gasteiger charge is -2.02. The van der Waals surface area contributed by atoms with Crippen LogP contribution in [0.3, 0.4) is 0 Å². The van der Waals surface area contributed by atoms with Crippen LogP contribution in [-0.2, 0) is 6.42 Å². The summed E-state index contributed by atoms with van der Waals surface area (Å²) in [6, 6.07) is 1.88. The Balaban J connectivity index is 1.83. The van der Waals surface area contributed by atoms with E-state index in [0.29, 0.717) is 6.54 Å². The van der Waals surface area contributed by atoms with Gasteiger partial charge in [0.15, 0.2) is 0 Å². The lowest BCUT2D eigenvalue weighted by Crippen LogP contribution is -2.25. The largest absolute Gasteiger partial charge is 0.351 e. The first-order valence-corrected chi connectivity index (χ1v) is 7.27. The van der Waals surface area contributed by atoms with E-state index in [1.54, 1.807) is 16.8 Å². The van der Waals surface area contributed by atoms with Gasteiger partial charge in [-0.2, -0.15) is 0 Å². The van der Waals surface area contributed by atoms with Crippen molar-refractivity contribution < 1.29 is 4.79 Å². The van der Waals surface area contributed by atoms with Gasteiger partial charge in [0.1, 0.15) is 4.88 Å². The van der Waals surface area contributed by atoms with Gasteiger partial charge in [0.05, 0.1) is 11.2 Å². The number of aromatic nitrogens is 1. The molecule has 2 heterocycles. The Hall–Kier alpha value is -0.720. The highest BCUT2D eigenvalue weighted by atomic mass is 79.9. The number of nitrogens with one attached hydrogen (secondary N) is 1. The first kappa shape index (κ1) is 11.8.